The van der Waals surface area contributed by atoms with E-state index in [1.54, 1.807) is 0 Å². The predicted molar refractivity (Wildman–Crippen MR) is 86.9 cm³/mol. The largest absolute Gasteiger partial charge is 0.328 e. The van der Waals surface area contributed by atoms with Crippen LogP contribution in [0.15, 0.2) is 24.3 Å². The summed E-state index contributed by atoms with van der Waals surface area (Å²) >= 11 is 0. The maximum absolute atomic E-state index is 5.94. The molecule has 0 atom stereocenters. The highest BCUT2D eigenvalue weighted by Crippen LogP contribution is 2.22. The Kier molecular flexibility index (Phi) is 6.55. The van der Waals surface area contributed by atoms with Gasteiger partial charge in [-0.3, -0.25) is 0 Å². The molecule has 112 valence electrons. The van der Waals surface area contributed by atoms with Crippen LogP contribution in [0.2, 0.25) is 0 Å². The fourth-order valence-electron chi connectivity index (χ4n) is 3.15. The van der Waals surface area contributed by atoms with E-state index in [9.17, 15) is 0 Å². The Labute approximate surface area is 124 Å². The highest BCUT2D eigenvalue weighted by Gasteiger charge is 2.17. The van der Waals surface area contributed by atoms with Crippen molar-refractivity contribution in [2.45, 2.75) is 57.9 Å². The van der Waals surface area contributed by atoms with Gasteiger partial charge in [-0.2, -0.15) is 0 Å². The molecule has 0 aromatic heterocycles. The van der Waals surface area contributed by atoms with E-state index in [1.165, 1.54) is 62.6 Å². The third-order valence-corrected chi connectivity index (χ3v) is 4.48. The second-order valence-corrected chi connectivity index (χ2v) is 6.43. The Bertz CT molecular complexity index is 381. The van der Waals surface area contributed by atoms with E-state index in [-0.39, 0.29) is 0 Å². The van der Waals surface area contributed by atoms with Crippen LogP contribution in [-0.4, -0.2) is 19.1 Å². The van der Waals surface area contributed by atoms with E-state index in [1.807, 2.05) is 0 Å². The third-order valence-electron chi connectivity index (χ3n) is 4.48. The predicted octanol–water partition coefficient (Wildman–Crippen LogP) is 3.42. The SMILES string of the molecule is Cc1cccc(CCCCNCC2CCC(N)CC2)c1. The molecular weight excluding hydrogens is 244 g/mol. The molecule has 0 amide bonds. The first-order chi connectivity index (χ1) is 9.74. The van der Waals surface area contributed by atoms with Crippen molar-refractivity contribution in [1.29, 1.82) is 0 Å². The van der Waals surface area contributed by atoms with E-state index in [2.05, 4.69) is 36.5 Å². The molecule has 0 bridgehead atoms. The number of nitrogens with one attached hydrogen (secondary N) is 1. The average molecular weight is 274 g/mol. The Morgan fingerprint density at radius 3 is 2.70 bits per heavy atom. The molecule has 0 aliphatic heterocycles. The lowest BCUT2D eigenvalue weighted by Gasteiger charge is -2.26. The van der Waals surface area contributed by atoms with Gasteiger partial charge in [0.25, 0.3) is 0 Å². The fourth-order valence-corrected chi connectivity index (χ4v) is 3.15. The van der Waals surface area contributed by atoms with Gasteiger partial charge in [0, 0.05) is 6.04 Å². The molecule has 1 fully saturated rings. The zero-order chi connectivity index (χ0) is 14.2. The lowest BCUT2D eigenvalue weighted by molar-refractivity contribution is 0.314. The summed E-state index contributed by atoms with van der Waals surface area (Å²) in [6, 6.07) is 9.35. The van der Waals surface area contributed by atoms with Gasteiger partial charge in [0.2, 0.25) is 0 Å². The summed E-state index contributed by atoms with van der Waals surface area (Å²) < 4.78 is 0. The average Bonchev–Trinajstić information content (AvgIpc) is 2.45. The number of hydrogen-bond donors (Lipinski definition) is 2. The Morgan fingerprint density at radius 2 is 1.95 bits per heavy atom. The Hall–Kier alpha value is -0.860. The van der Waals surface area contributed by atoms with E-state index in [0.717, 1.165) is 12.5 Å². The second-order valence-electron chi connectivity index (χ2n) is 6.43. The van der Waals surface area contributed by atoms with Gasteiger partial charge in [0.05, 0.1) is 0 Å². The second kappa shape index (κ2) is 8.43. The number of nitrogens with two attached hydrogens (primary N) is 1. The normalized spacial score (nSPS) is 22.9. The van der Waals surface area contributed by atoms with Gasteiger partial charge in [-0.1, -0.05) is 29.8 Å². The number of unbranched alkanes of at least 4 members (excludes halogenated alkanes) is 1. The van der Waals surface area contributed by atoms with Gasteiger partial charge in [-0.05, 0) is 76.4 Å². The van der Waals surface area contributed by atoms with Gasteiger partial charge in [0.15, 0.2) is 0 Å². The number of aryl methyl sites for hydroxylation is 2. The van der Waals surface area contributed by atoms with Crippen LogP contribution < -0.4 is 11.1 Å². The number of rotatable bonds is 7. The van der Waals surface area contributed by atoms with Crippen LogP contribution in [0.3, 0.4) is 0 Å². The molecule has 1 aliphatic rings. The quantitative estimate of drug-likeness (QED) is 0.748. The molecule has 1 aromatic carbocycles. The maximum atomic E-state index is 5.94. The van der Waals surface area contributed by atoms with Gasteiger partial charge in [0.1, 0.15) is 0 Å². The van der Waals surface area contributed by atoms with Crippen molar-refractivity contribution in [3.8, 4) is 0 Å². The number of benzene rings is 1. The van der Waals surface area contributed by atoms with Crippen LogP contribution in [0.25, 0.3) is 0 Å². The van der Waals surface area contributed by atoms with E-state index < -0.39 is 0 Å². The van der Waals surface area contributed by atoms with E-state index >= 15 is 0 Å². The highest BCUT2D eigenvalue weighted by atomic mass is 14.9. The summed E-state index contributed by atoms with van der Waals surface area (Å²) in [6.45, 7) is 4.52. The molecule has 20 heavy (non-hydrogen) atoms. The molecule has 1 saturated carbocycles. The topological polar surface area (TPSA) is 38.0 Å². The molecule has 0 radical (unpaired) electrons. The maximum Gasteiger partial charge on any atom is 0.00390 e. The minimum Gasteiger partial charge on any atom is -0.328 e. The summed E-state index contributed by atoms with van der Waals surface area (Å²) in [4.78, 5) is 0. The van der Waals surface area contributed by atoms with Crippen LogP contribution in [0.4, 0.5) is 0 Å². The molecule has 2 rings (SSSR count). The van der Waals surface area contributed by atoms with Gasteiger partial charge in [-0.25, -0.2) is 0 Å². The highest BCUT2D eigenvalue weighted by molar-refractivity contribution is 5.22. The van der Waals surface area contributed by atoms with Crippen molar-refractivity contribution in [2.24, 2.45) is 11.7 Å². The van der Waals surface area contributed by atoms with Crippen molar-refractivity contribution in [3.05, 3.63) is 35.4 Å². The minimum atomic E-state index is 0.473. The third kappa shape index (κ3) is 5.64. The first kappa shape index (κ1) is 15.5. The first-order valence-corrected chi connectivity index (χ1v) is 8.26. The molecule has 1 aliphatic carbocycles. The van der Waals surface area contributed by atoms with E-state index in [4.69, 9.17) is 5.73 Å². The zero-order valence-electron chi connectivity index (χ0n) is 12.9. The Morgan fingerprint density at radius 1 is 1.15 bits per heavy atom. The standard InChI is InChI=1S/C18H30N2/c1-15-5-4-7-16(13-15)6-2-3-12-20-14-17-8-10-18(19)11-9-17/h4-5,7,13,17-18,20H,2-3,6,8-12,14,19H2,1H3. The van der Waals surface area contributed by atoms with Crippen molar-refractivity contribution in [1.82, 2.24) is 5.32 Å². The zero-order valence-corrected chi connectivity index (χ0v) is 12.9. The molecule has 0 unspecified atom stereocenters. The molecule has 2 nitrogen and oxygen atoms in total. The summed E-state index contributed by atoms with van der Waals surface area (Å²) in [7, 11) is 0. The summed E-state index contributed by atoms with van der Waals surface area (Å²) in [6.07, 6.45) is 8.85. The van der Waals surface area contributed by atoms with Crippen LogP contribution in [0.1, 0.15) is 49.7 Å². The lowest BCUT2D eigenvalue weighted by atomic mass is 9.86. The monoisotopic (exact) mass is 274 g/mol. The van der Waals surface area contributed by atoms with E-state index in [0.29, 0.717) is 6.04 Å². The van der Waals surface area contributed by atoms with Crippen molar-refractivity contribution >= 4 is 0 Å². The Balaban J connectivity index is 1.49. The summed E-state index contributed by atoms with van der Waals surface area (Å²) in [5.74, 6) is 0.867. The van der Waals surface area contributed by atoms with Crippen LogP contribution in [0.5, 0.6) is 0 Å². The molecular formula is C18H30N2. The molecule has 0 saturated heterocycles. The molecule has 0 heterocycles. The fraction of sp³-hybridized carbons (Fsp3) is 0.667. The molecule has 0 spiro atoms. The smallest absolute Gasteiger partial charge is 0.00390 e. The van der Waals surface area contributed by atoms with Crippen LogP contribution >= 0.6 is 0 Å². The van der Waals surface area contributed by atoms with Crippen molar-refractivity contribution in [3.63, 3.8) is 0 Å². The first-order valence-electron chi connectivity index (χ1n) is 8.26. The lowest BCUT2D eigenvalue weighted by Crippen LogP contribution is -2.32. The summed E-state index contributed by atoms with van der Waals surface area (Å²) in [5.41, 5.74) is 8.79. The molecule has 3 N–H and O–H groups in total. The van der Waals surface area contributed by atoms with Crippen LogP contribution in [0, 0.1) is 12.8 Å². The van der Waals surface area contributed by atoms with Gasteiger partial charge < -0.3 is 11.1 Å². The minimum absolute atomic E-state index is 0.473. The van der Waals surface area contributed by atoms with Crippen molar-refractivity contribution in [2.75, 3.05) is 13.1 Å². The van der Waals surface area contributed by atoms with Gasteiger partial charge >= 0.3 is 0 Å². The van der Waals surface area contributed by atoms with Crippen LogP contribution in [-0.2, 0) is 6.42 Å². The molecule has 1 aromatic rings. The number of hydrogen-bond acceptors (Lipinski definition) is 2. The van der Waals surface area contributed by atoms with Crippen molar-refractivity contribution < 1.29 is 0 Å². The molecule has 2 heteroatoms. The summed E-state index contributed by atoms with van der Waals surface area (Å²) in [5, 5.41) is 3.63. The van der Waals surface area contributed by atoms with Gasteiger partial charge in [-0.15, -0.1) is 0 Å².